The van der Waals surface area contributed by atoms with Gasteiger partial charge in [0.2, 0.25) is 12.6 Å². The number of amides is 1. The molecular formula is C36H38F6N9O7+. The molecule has 5 aromatic rings. The fourth-order valence-corrected chi connectivity index (χ4v) is 5.62. The molecule has 3 aromatic heterocycles. The first kappa shape index (κ1) is 42.8. The lowest BCUT2D eigenvalue weighted by atomic mass is 9.86. The van der Waals surface area contributed by atoms with Gasteiger partial charge in [0.05, 0.1) is 18.3 Å². The summed E-state index contributed by atoms with van der Waals surface area (Å²) in [7, 11) is 2.99. The lowest BCUT2D eigenvalue weighted by Crippen LogP contribution is -2.45. The van der Waals surface area contributed by atoms with Crippen LogP contribution in [0.5, 0.6) is 5.75 Å². The monoisotopic (exact) mass is 822 g/mol. The maximum absolute atomic E-state index is 15.4. The third kappa shape index (κ3) is 9.62. The van der Waals surface area contributed by atoms with Crippen LogP contribution in [0.4, 0.5) is 37.0 Å². The number of anilines is 1. The van der Waals surface area contributed by atoms with E-state index < -0.39 is 78.3 Å². The lowest BCUT2D eigenvalue weighted by Gasteiger charge is -2.32. The normalized spacial score (nSPS) is 13.8. The Labute approximate surface area is 325 Å². The molecule has 0 bridgehead atoms. The van der Waals surface area contributed by atoms with Crippen molar-refractivity contribution in [3.63, 3.8) is 0 Å². The van der Waals surface area contributed by atoms with Crippen molar-refractivity contribution in [2.24, 2.45) is 0 Å². The predicted molar refractivity (Wildman–Crippen MR) is 189 cm³/mol. The highest BCUT2D eigenvalue weighted by atomic mass is 19.3. The van der Waals surface area contributed by atoms with E-state index in [2.05, 4.69) is 20.5 Å². The molecule has 3 atom stereocenters. The molecule has 2 N–H and O–H groups in total. The first-order chi connectivity index (χ1) is 27.4. The Bertz CT molecular complexity index is 2270. The van der Waals surface area contributed by atoms with E-state index in [1.807, 2.05) is 0 Å². The molecule has 5 rings (SSSR count). The smallest absolute Gasteiger partial charge is 0.418 e. The van der Waals surface area contributed by atoms with Crippen LogP contribution in [0.3, 0.4) is 0 Å². The molecule has 22 heteroatoms. The fraction of sp³-hybridized carbons (Fsp3) is 0.361. The second kappa shape index (κ2) is 17.9. The summed E-state index contributed by atoms with van der Waals surface area (Å²) in [4.78, 5) is 44.0. The van der Waals surface area contributed by atoms with Crippen LogP contribution < -0.4 is 25.2 Å². The molecule has 310 valence electrons. The average Bonchev–Trinajstić information content (AvgIpc) is 3.82. The van der Waals surface area contributed by atoms with Gasteiger partial charge in [-0.1, -0.05) is 12.1 Å². The van der Waals surface area contributed by atoms with Crippen LogP contribution in [0.25, 0.3) is 5.69 Å². The number of ether oxygens (including phenoxy) is 3. The molecular weight excluding hydrogens is 784 g/mol. The molecule has 0 aliphatic rings. The van der Waals surface area contributed by atoms with Gasteiger partial charge < -0.3 is 24.6 Å². The summed E-state index contributed by atoms with van der Waals surface area (Å²) >= 11 is 0. The molecule has 16 nitrogen and oxygen atoms in total. The summed E-state index contributed by atoms with van der Waals surface area (Å²) in [6.07, 6.45) is -0.715. The molecule has 0 saturated carbocycles. The number of esters is 1. The van der Waals surface area contributed by atoms with Crippen LogP contribution in [0.1, 0.15) is 37.2 Å². The number of benzene rings is 2. The summed E-state index contributed by atoms with van der Waals surface area (Å²) in [6, 6.07) is 9.19. The average molecular weight is 823 g/mol. The van der Waals surface area contributed by atoms with Crippen molar-refractivity contribution in [3.05, 3.63) is 113 Å². The Morgan fingerprint density at radius 1 is 1.07 bits per heavy atom. The zero-order valence-electron chi connectivity index (χ0n) is 31.3. The van der Waals surface area contributed by atoms with Crippen LogP contribution in [0.15, 0.2) is 84.6 Å². The molecule has 2 aromatic carbocycles. The quantitative estimate of drug-likeness (QED) is 0.0797. The van der Waals surface area contributed by atoms with E-state index in [9.17, 15) is 41.4 Å². The predicted octanol–water partition coefficient (Wildman–Crippen LogP) is 3.67. The van der Waals surface area contributed by atoms with Gasteiger partial charge in [-0.3, -0.25) is 9.69 Å². The highest BCUT2D eigenvalue weighted by Gasteiger charge is 2.44. The molecule has 0 spiro atoms. The second-order valence-corrected chi connectivity index (χ2v) is 12.9. The van der Waals surface area contributed by atoms with Crippen LogP contribution >= 0.6 is 0 Å². The number of carbonyl (C=O) groups is 2. The van der Waals surface area contributed by atoms with E-state index in [0.29, 0.717) is 11.6 Å². The maximum Gasteiger partial charge on any atom is 0.418 e. The molecule has 0 fully saturated rings. The van der Waals surface area contributed by atoms with Crippen molar-refractivity contribution >= 4 is 17.9 Å². The number of hydrogen-bond acceptors (Lipinski definition) is 11. The number of nitrogens with zero attached hydrogens (tertiary/aromatic N) is 8. The van der Waals surface area contributed by atoms with Gasteiger partial charge in [-0.05, 0) is 50.4 Å². The molecule has 0 aliphatic carbocycles. The number of likely N-dealkylation sites (N-methyl/N-ethyl adjacent to an activating group) is 1. The Kier molecular flexibility index (Phi) is 13.2. The minimum absolute atomic E-state index is 0.0206. The summed E-state index contributed by atoms with van der Waals surface area (Å²) < 4.78 is 101. The Balaban J connectivity index is 1.35. The molecule has 3 unspecified atom stereocenters. The zero-order chi connectivity index (χ0) is 42.4. The SMILES string of the molecule is CNCC(=O)OCc1cccnc1N(C)C(=O)OC(C)[n+]1cnn(CC(O)(c2ccc(F)cc2F)C(C)n2ncn(-c3ccc(OCC(F)(F)C(F)F)cc3)c2=O)c1. The van der Waals surface area contributed by atoms with Crippen LogP contribution in [-0.2, 0) is 33.0 Å². The van der Waals surface area contributed by atoms with Gasteiger partial charge in [-0.2, -0.15) is 18.4 Å². The fourth-order valence-electron chi connectivity index (χ4n) is 5.62. The molecule has 0 aliphatic heterocycles. The van der Waals surface area contributed by atoms with Gasteiger partial charge >= 0.3 is 30.1 Å². The lowest BCUT2D eigenvalue weighted by molar-refractivity contribution is -0.753. The van der Waals surface area contributed by atoms with Crippen molar-refractivity contribution in [2.45, 2.75) is 57.2 Å². The molecule has 0 radical (unpaired) electrons. The van der Waals surface area contributed by atoms with Gasteiger partial charge in [0.1, 0.15) is 48.3 Å². The van der Waals surface area contributed by atoms with Crippen molar-refractivity contribution in [1.82, 2.24) is 34.4 Å². The van der Waals surface area contributed by atoms with Gasteiger partial charge in [-0.15, -0.1) is 4.68 Å². The molecule has 58 heavy (non-hydrogen) atoms. The Morgan fingerprint density at radius 2 is 1.79 bits per heavy atom. The van der Waals surface area contributed by atoms with Crippen LogP contribution in [-0.4, -0.2) is 85.9 Å². The number of aromatic nitrogens is 7. The van der Waals surface area contributed by atoms with Crippen molar-refractivity contribution in [2.75, 3.05) is 32.1 Å². The summed E-state index contributed by atoms with van der Waals surface area (Å²) in [6.45, 7) is 0.542. The van der Waals surface area contributed by atoms with Crippen LogP contribution in [0.2, 0.25) is 0 Å². The van der Waals surface area contributed by atoms with Gasteiger partial charge in [0.15, 0.2) is 6.61 Å². The minimum Gasteiger partial charge on any atom is -0.487 e. The Hall–Kier alpha value is -6.29. The highest BCUT2D eigenvalue weighted by Crippen LogP contribution is 2.36. The van der Waals surface area contributed by atoms with E-state index in [4.69, 9.17) is 14.2 Å². The number of aliphatic hydroxyl groups is 1. The number of alkyl halides is 4. The number of nitrogens with one attached hydrogen (secondary N) is 1. The van der Waals surface area contributed by atoms with Crippen LogP contribution in [0, 0.1) is 11.6 Å². The van der Waals surface area contributed by atoms with E-state index in [-0.39, 0.29) is 30.4 Å². The largest absolute Gasteiger partial charge is 0.487 e. The number of pyridine rings is 1. The van der Waals surface area contributed by atoms with E-state index in [1.54, 1.807) is 19.2 Å². The van der Waals surface area contributed by atoms with E-state index in [1.165, 1.54) is 73.3 Å². The molecule has 3 heterocycles. The first-order valence-electron chi connectivity index (χ1n) is 17.3. The number of carbonyl (C=O) groups excluding carboxylic acids is 2. The van der Waals surface area contributed by atoms with E-state index in [0.717, 1.165) is 32.6 Å². The molecule has 0 saturated heterocycles. The van der Waals surface area contributed by atoms with Gasteiger partial charge in [0.25, 0.3) is 6.33 Å². The minimum atomic E-state index is -4.38. The maximum atomic E-state index is 15.4. The topological polar surface area (TPSA) is 172 Å². The number of hydrogen-bond donors (Lipinski definition) is 2. The third-order valence-electron chi connectivity index (χ3n) is 8.88. The Morgan fingerprint density at radius 3 is 2.47 bits per heavy atom. The van der Waals surface area contributed by atoms with Crippen molar-refractivity contribution in [1.29, 1.82) is 0 Å². The summed E-state index contributed by atoms with van der Waals surface area (Å²) in [5, 5.41) is 23.2. The number of halogens is 6. The summed E-state index contributed by atoms with van der Waals surface area (Å²) in [5.74, 6) is -7.01. The summed E-state index contributed by atoms with van der Waals surface area (Å²) in [5.41, 5.74) is -3.06. The molecule has 1 amide bonds. The second-order valence-electron chi connectivity index (χ2n) is 12.9. The third-order valence-corrected chi connectivity index (χ3v) is 8.88. The first-order valence-corrected chi connectivity index (χ1v) is 17.3. The van der Waals surface area contributed by atoms with Gasteiger partial charge in [0, 0.05) is 42.5 Å². The van der Waals surface area contributed by atoms with Crippen molar-refractivity contribution in [3.8, 4) is 11.4 Å². The van der Waals surface area contributed by atoms with E-state index >= 15 is 4.39 Å². The van der Waals surface area contributed by atoms with Gasteiger partial charge in [-0.25, -0.2) is 41.4 Å². The zero-order valence-corrected chi connectivity index (χ0v) is 31.3. The van der Waals surface area contributed by atoms with Crippen molar-refractivity contribution < 1.29 is 59.8 Å². The standard InChI is InChI=1S/C36H38F6N9O7/c1-22(51-33(53)50(20-46-51)26-8-10-27(11-9-26)57-18-36(41,42)32(39)40)35(55,28-12-7-25(37)14-29(28)38)17-49-21-48(19-45-49)23(2)58-34(54)47(4)31-24(6-5-13-44-31)16-56-30(52)15-43-3/h5-14,19-23,32,43,55H,15-18H2,1-4H3/q+1. The highest BCUT2D eigenvalue weighted by molar-refractivity contribution is 5.86. The number of rotatable bonds is 17.